The van der Waals surface area contributed by atoms with E-state index in [9.17, 15) is 4.79 Å². The minimum absolute atomic E-state index is 0.0716. The Kier molecular flexibility index (Phi) is 4.09. The molecule has 1 aromatic rings. The van der Waals surface area contributed by atoms with Crippen LogP contribution < -0.4 is 0 Å². The van der Waals surface area contributed by atoms with E-state index < -0.39 is 0 Å². The van der Waals surface area contributed by atoms with Gasteiger partial charge in [0.15, 0.2) is 5.78 Å². The second-order valence-electron chi connectivity index (χ2n) is 10.9. The van der Waals surface area contributed by atoms with Crippen LogP contribution in [-0.2, 0) is 5.41 Å². The van der Waals surface area contributed by atoms with Crippen molar-refractivity contribution < 1.29 is 4.79 Å². The molecular formula is C26H36O. The summed E-state index contributed by atoms with van der Waals surface area (Å²) >= 11 is 0. The van der Waals surface area contributed by atoms with Crippen molar-refractivity contribution in [1.29, 1.82) is 0 Å². The van der Waals surface area contributed by atoms with Crippen LogP contribution in [0.3, 0.4) is 0 Å². The van der Waals surface area contributed by atoms with Crippen molar-refractivity contribution in [3.05, 3.63) is 40.0 Å². The second-order valence-corrected chi connectivity index (χ2v) is 10.9. The first-order chi connectivity index (χ1) is 12.5. The molecule has 0 N–H and O–H groups in total. The molecule has 0 aliphatic heterocycles. The van der Waals surface area contributed by atoms with Crippen LogP contribution in [0.15, 0.2) is 12.1 Å². The van der Waals surface area contributed by atoms with Crippen molar-refractivity contribution in [2.24, 2.45) is 22.7 Å². The number of ketones is 1. The molecule has 4 rings (SSSR count). The van der Waals surface area contributed by atoms with E-state index in [0.717, 1.165) is 11.5 Å². The lowest BCUT2D eigenvalue weighted by atomic mass is 9.41. The molecule has 0 amide bonds. The molecule has 2 fully saturated rings. The average molecular weight is 365 g/mol. The molecule has 0 aromatic heterocycles. The number of Topliss-reactive ketones (excluding diaryl/α,β-unsaturated/α-hetero) is 1. The first-order valence-electron chi connectivity index (χ1n) is 10.9. The number of hydrogen-bond donors (Lipinski definition) is 0. The zero-order valence-corrected chi connectivity index (χ0v) is 18.3. The van der Waals surface area contributed by atoms with E-state index in [4.69, 9.17) is 0 Å². The SMILES string of the molecule is CC(=O)c1c(C)c(C)cc2c1[C@]1(C)CCC3C(C)(C)CCC[C@]3(C)[C@H]1C=C2. The van der Waals surface area contributed by atoms with E-state index in [1.165, 1.54) is 54.4 Å². The van der Waals surface area contributed by atoms with Gasteiger partial charge in [0.1, 0.15) is 0 Å². The van der Waals surface area contributed by atoms with Crippen molar-refractivity contribution in [1.82, 2.24) is 0 Å². The summed E-state index contributed by atoms with van der Waals surface area (Å²) in [4.78, 5) is 12.7. The Hall–Kier alpha value is -1.37. The number of aryl methyl sites for hydroxylation is 1. The summed E-state index contributed by atoms with van der Waals surface area (Å²) in [6.45, 7) is 16.1. The first kappa shape index (κ1) is 19.0. The van der Waals surface area contributed by atoms with Gasteiger partial charge in [0.25, 0.3) is 0 Å². The van der Waals surface area contributed by atoms with E-state index in [-0.39, 0.29) is 11.2 Å². The molecule has 4 atom stereocenters. The van der Waals surface area contributed by atoms with E-state index >= 15 is 0 Å². The molecule has 1 nitrogen and oxygen atoms in total. The summed E-state index contributed by atoms with van der Waals surface area (Å²) < 4.78 is 0. The van der Waals surface area contributed by atoms with Gasteiger partial charge in [0, 0.05) is 11.0 Å². The highest BCUT2D eigenvalue weighted by molar-refractivity contribution is 5.99. The van der Waals surface area contributed by atoms with Gasteiger partial charge in [0.05, 0.1) is 0 Å². The normalized spacial score (nSPS) is 36.6. The third-order valence-electron chi connectivity index (χ3n) is 8.89. The van der Waals surface area contributed by atoms with Gasteiger partial charge in [0.2, 0.25) is 0 Å². The molecule has 1 unspecified atom stereocenters. The average Bonchev–Trinajstić information content (AvgIpc) is 2.55. The molecule has 1 heteroatoms. The molecular weight excluding hydrogens is 328 g/mol. The Labute approximate surface area is 165 Å². The Balaban J connectivity index is 1.94. The molecule has 146 valence electrons. The summed E-state index contributed by atoms with van der Waals surface area (Å²) in [7, 11) is 0. The largest absolute Gasteiger partial charge is 0.294 e. The summed E-state index contributed by atoms with van der Waals surface area (Å²) in [5.41, 5.74) is 6.91. The second kappa shape index (κ2) is 5.82. The van der Waals surface area contributed by atoms with Gasteiger partial charge in [-0.05, 0) is 91.4 Å². The van der Waals surface area contributed by atoms with Crippen LogP contribution >= 0.6 is 0 Å². The van der Waals surface area contributed by atoms with E-state index in [1.54, 1.807) is 6.92 Å². The highest BCUT2D eigenvalue weighted by Crippen LogP contribution is 2.66. The Morgan fingerprint density at radius 1 is 1.07 bits per heavy atom. The molecule has 0 radical (unpaired) electrons. The lowest BCUT2D eigenvalue weighted by Gasteiger charge is -2.63. The van der Waals surface area contributed by atoms with Crippen molar-refractivity contribution in [3.63, 3.8) is 0 Å². The number of fused-ring (bicyclic) bond motifs is 5. The summed E-state index contributed by atoms with van der Waals surface area (Å²) in [6, 6.07) is 2.31. The Morgan fingerprint density at radius 2 is 1.78 bits per heavy atom. The van der Waals surface area contributed by atoms with Crippen molar-refractivity contribution in [2.45, 2.75) is 86.0 Å². The molecule has 1 aromatic carbocycles. The van der Waals surface area contributed by atoms with Gasteiger partial charge < -0.3 is 0 Å². The number of carbonyl (C=O) groups is 1. The maximum atomic E-state index is 12.7. The number of carbonyl (C=O) groups excluding carboxylic acids is 1. The molecule has 27 heavy (non-hydrogen) atoms. The van der Waals surface area contributed by atoms with Gasteiger partial charge in [-0.3, -0.25) is 4.79 Å². The predicted molar refractivity (Wildman–Crippen MR) is 114 cm³/mol. The summed E-state index contributed by atoms with van der Waals surface area (Å²) in [5, 5.41) is 0. The molecule has 2 saturated carbocycles. The van der Waals surface area contributed by atoms with Crippen LogP contribution in [-0.4, -0.2) is 5.78 Å². The molecule has 0 saturated heterocycles. The van der Waals surface area contributed by atoms with Crippen LogP contribution in [0.25, 0.3) is 6.08 Å². The molecule has 3 aliphatic rings. The quantitative estimate of drug-likeness (QED) is 0.489. The summed E-state index contributed by atoms with van der Waals surface area (Å²) in [6.07, 6.45) is 11.4. The molecule has 0 heterocycles. The number of benzene rings is 1. The fraction of sp³-hybridized carbons (Fsp3) is 0.654. The minimum atomic E-state index is 0.0716. The maximum absolute atomic E-state index is 12.7. The fourth-order valence-electron chi connectivity index (χ4n) is 7.63. The van der Waals surface area contributed by atoms with Crippen LogP contribution in [0.2, 0.25) is 0 Å². The lowest BCUT2D eigenvalue weighted by Crippen LogP contribution is -2.56. The molecule has 0 bridgehead atoms. The van der Waals surface area contributed by atoms with E-state index in [2.05, 4.69) is 59.8 Å². The maximum Gasteiger partial charge on any atom is 0.160 e. The van der Waals surface area contributed by atoms with Gasteiger partial charge in [-0.15, -0.1) is 0 Å². The van der Waals surface area contributed by atoms with Crippen LogP contribution in [0.5, 0.6) is 0 Å². The highest BCUT2D eigenvalue weighted by atomic mass is 16.1. The lowest BCUT2D eigenvalue weighted by molar-refractivity contribution is -0.0877. The standard InChI is InChI=1S/C26H36O/c1-16-15-19-9-10-21-25(6)13-8-12-24(4,5)20(25)11-14-26(21,7)23(19)22(17(16)2)18(3)27/h9-10,15,20-21H,8,11-14H2,1-7H3/t20?,21-,25+,26-/m1/s1. The van der Waals surface area contributed by atoms with Gasteiger partial charge in [-0.2, -0.15) is 0 Å². The molecule has 3 aliphatic carbocycles. The summed E-state index contributed by atoms with van der Waals surface area (Å²) in [5.74, 6) is 1.53. The Bertz CT molecular complexity index is 842. The van der Waals surface area contributed by atoms with Crippen molar-refractivity contribution in [2.75, 3.05) is 0 Å². The number of hydrogen-bond acceptors (Lipinski definition) is 1. The first-order valence-corrected chi connectivity index (χ1v) is 10.9. The van der Waals surface area contributed by atoms with Crippen LogP contribution in [0.4, 0.5) is 0 Å². The van der Waals surface area contributed by atoms with Gasteiger partial charge >= 0.3 is 0 Å². The third-order valence-corrected chi connectivity index (χ3v) is 8.89. The zero-order valence-electron chi connectivity index (χ0n) is 18.3. The highest BCUT2D eigenvalue weighted by Gasteiger charge is 2.59. The van der Waals surface area contributed by atoms with Crippen molar-refractivity contribution in [3.8, 4) is 0 Å². The third kappa shape index (κ3) is 2.46. The predicted octanol–water partition coefficient (Wildman–Crippen LogP) is 7.03. The van der Waals surface area contributed by atoms with Gasteiger partial charge in [-0.1, -0.05) is 52.3 Å². The van der Waals surface area contributed by atoms with E-state index in [0.29, 0.717) is 16.7 Å². The fourth-order valence-corrected chi connectivity index (χ4v) is 7.63. The molecule has 0 spiro atoms. The number of rotatable bonds is 1. The van der Waals surface area contributed by atoms with Gasteiger partial charge in [-0.25, -0.2) is 0 Å². The van der Waals surface area contributed by atoms with E-state index in [1.807, 2.05) is 0 Å². The topological polar surface area (TPSA) is 17.1 Å². The van der Waals surface area contributed by atoms with Crippen LogP contribution in [0.1, 0.15) is 99.3 Å². The van der Waals surface area contributed by atoms with Crippen molar-refractivity contribution >= 4 is 11.9 Å². The monoisotopic (exact) mass is 364 g/mol. The minimum Gasteiger partial charge on any atom is -0.294 e. The smallest absolute Gasteiger partial charge is 0.160 e. The van der Waals surface area contributed by atoms with Crippen LogP contribution in [0, 0.1) is 36.5 Å². The number of allylic oxidation sites excluding steroid dienone is 1. The zero-order chi connectivity index (χ0) is 19.8. The Morgan fingerprint density at radius 3 is 2.44 bits per heavy atom.